The van der Waals surface area contributed by atoms with Gasteiger partial charge in [0.2, 0.25) is 0 Å². The summed E-state index contributed by atoms with van der Waals surface area (Å²) < 4.78 is 5.50. The molecular weight excluding hydrogens is 196 g/mol. The van der Waals surface area contributed by atoms with Gasteiger partial charge >= 0.3 is 0 Å². The summed E-state index contributed by atoms with van der Waals surface area (Å²) in [6.45, 7) is 4.73. The summed E-state index contributed by atoms with van der Waals surface area (Å²) >= 11 is 1.71. The van der Waals surface area contributed by atoms with Gasteiger partial charge in [-0.15, -0.1) is 11.3 Å². The molecule has 1 rings (SSSR count). The number of hydrogen-bond donors (Lipinski definition) is 1. The minimum Gasteiger partial charge on any atom is -0.381 e. The summed E-state index contributed by atoms with van der Waals surface area (Å²) in [5, 5.41) is 3.09. The van der Waals surface area contributed by atoms with Gasteiger partial charge in [0.05, 0.1) is 17.8 Å². The molecule has 0 saturated heterocycles. The number of nitrogens with one attached hydrogen (secondary N) is 1. The number of nitrogens with zero attached hydrogens (tertiary/aromatic N) is 1. The largest absolute Gasteiger partial charge is 0.381 e. The van der Waals surface area contributed by atoms with Crippen LogP contribution in [0.5, 0.6) is 0 Å². The van der Waals surface area contributed by atoms with Crippen molar-refractivity contribution in [1.82, 2.24) is 10.3 Å². The van der Waals surface area contributed by atoms with Crippen molar-refractivity contribution in [3.8, 4) is 0 Å². The fourth-order valence-corrected chi connectivity index (χ4v) is 1.95. The Labute approximate surface area is 89.5 Å². The molecule has 0 aromatic carbocycles. The van der Waals surface area contributed by atoms with E-state index in [0.717, 1.165) is 38.3 Å². The predicted molar refractivity (Wildman–Crippen MR) is 59.9 cm³/mol. The SMILES string of the molecule is CNCCCOCCc1scnc1C. The maximum Gasteiger partial charge on any atom is 0.0797 e. The lowest BCUT2D eigenvalue weighted by Gasteiger charge is -2.02. The zero-order valence-electron chi connectivity index (χ0n) is 8.88. The molecular formula is C10H18N2OS. The third-order valence-electron chi connectivity index (χ3n) is 2.03. The van der Waals surface area contributed by atoms with Crippen molar-refractivity contribution in [2.24, 2.45) is 0 Å². The van der Waals surface area contributed by atoms with Gasteiger partial charge in [-0.2, -0.15) is 0 Å². The lowest BCUT2D eigenvalue weighted by molar-refractivity contribution is 0.135. The van der Waals surface area contributed by atoms with E-state index in [2.05, 4.69) is 10.3 Å². The van der Waals surface area contributed by atoms with Gasteiger partial charge in [0.25, 0.3) is 0 Å². The standard InChI is InChI=1S/C10H18N2OS/c1-9-10(14-8-12-9)4-7-13-6-3-5-11-2/h8,11H,3-7H2,1-2H3. The molecule has 0 radical (unpaired) electrons. The highest BCUT2D eigenvalue weighted by Gasteiger charge is 2.00. The van der Waals surface area contributed by atoms with Crippen LogP contribution in [0.1, 0.15) is 17.0 Å². The molecule has 1 aromatic rings. The molecule has 1 N–H and O–H groups in total. The van der Waals surface area contributed by atoms with Crippen molar-refractivity contribution in [3.63, 3.8) is 0 Å². The molecule has 4 heteroatoms. The van der Waals surface area contributed by atoms with Crippen LogP contribution in [0, 0.1) is 6.92 Å². The average molecular weight is 214 g/mol. The second-order valence-electron chi connectivity index (χ2n) is 3.18. The highest BCUT2D eigenvalue weighted by atomic mass is 32.1. The summed E-state index contributed by atoms with van der Waals surface area (Å²) in [6, 6.07) is 0. The second kappa shape index (κ2) is 6.92. The van der Waals surface area contributed by atoms with E-state index in [-0.39, 0.29) is 0 Å². The van der Waals surface area contributed by atoms with E-state index in [9.17, 15) is 0 Å². The number of ether oxygens (including phenoxy) is 1. The van der Waals surface area contributed by atoms with Crippen LogP contribution in [0.2, 0.25) is 0 Å². The zero-order valence-corrected chi connectivity index (χ0v) is 9.69. The molecule has 0 bridgehead atoms. The van der Waals surface area contributed by atoms with Crippen LogP contribution >= 0.6 is 11.3 Å². The van der Waals surface area contributed by atoms with Crippen LogP contribution in [0.3, 0.4) is 0 Å². The summed E-state index contributed by atoms with van der Waals surface area (Å²) in [5.74, 6) is 0. The molecule has 0 aliphatic carbocycles. The van der Waals surface area contributed by atoms with E-state index < -0.39 is 0 Å². The van der Waals surface area contributed by atoms with Crippen LogP contribution < -0.4 is 5.32 Å². The summed E-state index contributed by atoms with van der Waals surface area (Å²) in [4.78, 5) is 5.54. The van der Waals surface area contributed by atoms with Crippen LogP contribution in [0.4, 0.5) is 0 Å². The minimum atomic E-state index is 0.812. The number of aromatic nitrogens is 1. The van der Waals surface area contributed by atoms with Gasteiger partial charge < -0.3 is 10.1 Å². The van der Waals surface area contributed by atoms with Crippen molar-refractivity contribution >= 4 is 11.3 Å². The van der Waals surface area contributed by atoms with Gasteiger partial charge in [0.15, 0.2) is 0 Å². The Morgan fingerprint density at radius 1 is 1.50 bits per heavy atom. The van der Waals surface area contributed by atoms with E-state index in [4.69, 9.17) is 4.74 Å². The molecule has 1 heterocycles. The topological polar surface area (TPSA) is 34.1 Å². The highest BCUT2D eigenvalue weighted by Crippen LogP contribution is 2.12. The van der Waals surface area contributed by atoms with Crippen LogP contribution in [0.25, 0.3) is 0 Å². The summed E-state index contributed by atoms with van der Waals surface area (Å²) in [6.07, 6.45) is 2.08. The van der Waals surface area contributed by atoms with Crippen LogP contribution in [-0.2, 0) is 11.2 Å². The normalized spacial score (nSPS) is 10.7. The van der Waals surface area contributed by atoms with Gasteiger partial charge in [-0.25, -0.2) is 4.98 Å². The van der Waals surface area contributed by atoms with Crippen molar-refractivity contribution in [3.05, 3.63) is 16.1 Å². The zero-order chi connectivity index (χ0) is 10.2. The van der Waals surface area contributed by atoms with Gasteiger partial charge in [0.1, 0.15) is 0 Å². The first-order chi connectivity index (χ1) is 6.84. The Balaban J connectivity index is 2.02. The average Bonchev–Trinajstić information content (AvgIpc) is 2.58. The van der Waals surface area contributed by atoms with Crippen molar-refractivity contribution in [2.75, 3.05) is 26.8 Å². The summed E-state index contributed by atoms with van der Waals surface area (Å²) in [5.41, 5.74) is 3.04. The number of hydrogen-bond acceptors (Lipinski definition) is 4. The Morgan fingerprint density at radius 3 is 3.00 bits per heavy atom. The number of thiazole rings is 1. The van der Waals surface area contributed by atoms with Crippen LogP contribution in [-0.4, -0.2) is 31.8 Å². The Bertz CT molecular complexity index is 250. The second-order valence-corrected chi connectivity index (χ2v) is 4.12. The van der Waals surface area contributed by atoms with E-state index >= 15 is 0 Å². The molecule has 1 aromatic heterocycles. The molecule has 14 heavy (non-hydrogen) atoms. The molecule has 80 valence electrons. The molecule has 0 unspecified atom stereocenters. The Kier molecular flexibility index (Phi) is 5.75. The lowest BCUT2D eigenvalue weighted by atomic mass is 10.3. The number of aryl methyl sites for hydroxylation is 1. The van der Waals surface area contributed by atoms with E-state index in [1.54, 1.807) is 11.3 Å². The third-order valence-corrected chi connectivity index (χ3v) is 3.03. The molecule has 0 amide bonds. The van der Waals surface area contributed by atoms with E-state index in [1.807, 2.05) is 19.5 Å². The van der Waals surface area contributed by atoms with E-state index in [1.165, 1.54) is 4.88 Å². The molecule has 0 aliphatic rings. The maximum absolute atomic E-state index is 5.50. The van der Waals surface area contributed by atoms with Gasteiger partial charge in [-0.05, 0) is 26.9 Å². The minimum absolute atomic E-state index is 0.812. The van der Waals surface area contributed by atoms with Gasteiger partial charge in [0, 0.05) is 17.9 Å². The van der Waals surface area contributed by atoms with Gasteiger partial charge in [-0.3, -0.25) is 0 Å². The first-order valence-electron chi connectivity index (χ1n) is 4.96. The predicted octanol–water partition coefficient (Wildman–Crippen LogP) is 1.62. The van der Waals surface area contributed by atoms with Crippen molar-refractivity contribution < 1.29 is 4.74 Å². The van der Waals surface area contributed by atoms with Gasteiger partial charge in [-0.1, -0.05) is 0 Å². The quantitative estimate of drug-likeness (QED) is 0.700. The monoisotopic (exact) mass is 214 g/mol. The fraction of sp³-hybridized carbons (Fsp3) is 0.700. The first-order valence-corrected chi connectivity index (χ1v) is 5.84. The Morgan fingerprint density at radius 2 is 2.36 bits per heavy atom. The highest BCUT2D eigenvalue weighted by molar-refractivity contribution is 7.09. The molecule has 0 aliphatic heterocycles. The Hall–Kier alpha value is -0.450. The molecule has 0 spiro atoms. The smallest absolute Gasteiger partial charge is 0.0797 e. The molecule has 0 saturated carbocycles. The third kappa shape index (κ3) is 4.17. The van der Waals surface area contributed by atoms with Crippen LogP contribution in [0.15, 0.2) is 5.51 Å². The van der Waals surface area contributed by atoms with E-state index in [0.29, 0.717) is 0 Å². The van der Waals surface area contributed by atoms with Crippen molar-refractivity contribution in [1.29, 1.82) is 0 Å². The first kappa shape index (κ1) is 11.6. The lowest BCUT2D eigenvalue weighted by Crippen LogP contribution is -2.11. The maximum atomic E-state index is 5.50. The molecule has 3 nitrogen and oxygen atoms in total. The summed E-state index contributed by atoms with van der Waals surface area (Å²) in [7, 11) is 1.96. The molecule has 0 fully saturated rings. The molecule has 0 atom stereocenters. The fourth-order valence-electron chi connectivity index (χ4n) is 1.18. The number of rotatable bonds is 7. The van der Waals surface area contributed by atoms with Crippen molar-refractivity contribution in [2.45, 2.75) is 19.8 Å².